The molecule has 3 rings (SSSR count). The maximum Gasteiger partial charge on any atom is 0.182 e. The highest BCUT2D eigenvalue weighted by atomic mass is 16.6. The molecule has 0 amide bonds. The van der Waals surface area contributed by atoms with E-state index in [1.165, 1.54) is 5.56 Å². The van der Waals surface area contributed by atoms with Crippen LogP contribution in [0.15, 0.2) is 60.7 Å². The molecular formula is C18H21NO2. The molecule has 110 valence electrons. The number of morpholine rings is 1. The summed E-state index contributed by atoms with van der Waals surface area (Å²) < 4.78 is 5.61. The smallest absolute Gasteiger partial charge is 0.182 e. The topological polar surface area (TPSA) is 32.7 Å². The Balaban J connectivity index is 1.90. The minimum atomic E-state index is -1.17. The molecule has 2 aromatic rings. The third kappa shape index (κ3) is 3.16. The van der Waals surface area contributed by atoms with Gasteiger partial charge in [0.1, 0.15) is 0 Å². The number of nitrogens with zero attached hydrogens (tertiary/aromatic N) is 1. The minimum absolute atomic E-state index is 0.160. The summed E-state index contributed by atoms with van der Waals surface area (Å²) in [4.78, 5) is 2.29. The number of hydrogen-bond donors (Lipinski definition) is 1. The van der Waals surface area contributed by atoms with Crippen LogP contribution < -0.4 is 0 Å². The van der Waals surface area contributed by atoms with Crippen molar-refractivity contribution in [1.29, 1.82) is 0 Å². The van der Waals surface area contributed by atoms with Crippen molar-refractivity contribution in [2.24, 2.45) is 0 Å². The van der Waals surface area contributed by atoms with E-state index in [1.54, 1.807) is 6.92 Å². The predicted octanol–water partition coefficient (Wildman–Crippen LogP) is 2.97. The summed E-state index contributed by atoms with van der Waals surface area (Å²) in [5.74, 6) is -1.17. The third-order valence-electron chi connectivity index (χ3n) is 3.99. The summed E-state index contributed by atoms with van der Waals surface area (Å²) in [5.41, 5.74) is 2.33. The van der Waals surface area contributed by atoms with Crippen LogP contribution in [0.25, 0.3) is 0 Å². The first-order valence-corrected chi connectivity index (χ1v) is 7.36. The molecule has 21 heavy (non-hydrogen) atoms. The van der Waals surface area contributed by atoms with E-state index in [4.69, 9.17) is 4.74 Å². The average Bonchev–Trinajstić information content (AvgIpc) is 2.48. The van der Waals surface area contributed by atoms with Crippen molar-refractivity contribution < 1.29 is 9.84 Å². The van der Waals surface area contributed by atoms with Gasteiger partial charge in [-0.3, -0.25) is 4.90 Å². The van der Waals surface area contributed by atoms with Gasteiger partial charge in [-0.05, 0) is 18.1 Å². The normalized spacial score (nSPS) is 26.7. The van der Waals surface area contributed by atoms with E-state index < -0.39 is 5.79 Å². The highest BCUT2D eigenvalue weighted by molar-refractivity contribution is 5.23. The van der Waals surface area contributed by atoms with E-state index in [0.29, 0.717) is 6.61 Å². The van der Waals surface area contributed by atoms with E-state index in [1.807, 2.05) is 48.5 Å². The second kappa shape index (κ2) is 5.98. The molecule has 0 aliphatic carbocycles. The molecule has 1 fully saturated rings. The van der Waals surface area contributed by atoms with Crippen LogP contribution in [0.3, 0.4) is 0 Å². The van der Waals surface area contributed by atoms with Crippen LogP contribution in [0.5, 0.6) is 0 Å². The van der Waals surface area contributed by atoms with Gasteiger partial charge in [0.25, 0.3) is 0 Å². The largest absolute Gasteiger partial charge is 0.364 e. The Bertz CT molecular complexity index is 568. The summed E-state index contributed by atoms with van der Waals surface area (Å²) in [7, 11) is 0. The maximum atomic E-state index is 10.7. The SMILES string of the molecule is CC1(O)OCCN(Cc2ccccc2)C1c1ccccc1. The highest BCUT2D eigenvalue weighted by Crippen LogP contribution is 2.36. The zero-order valence-corrected chi connectivity index (χ0v) is 12.3. The molecule has 1 aliphatic heterocycles. The Labute approximate surface area is 125 Å². The second-order valence-electron chi connectivity index (χ2n) is 5.67. The lowest BCUT2D eigenvalue weighted by molar-refractivity contribution is -0.261. The van der Waals surface area contributed by atoms with E-state index in [2.05, 4.69) is 17.0 Å². The molecule has 1 heterocycles. The molecule has 1 aliphatic rings. The van der Waals surface area contributed by atoms with Gasteiger partial charge in [-0.25, -0.2) is 0 Å². The zero-order chi connectivity index (χ0) is 14.7. The van der Waals surface area contributed by atoms with Gasteiger partial charge in [-0.2, -0.15) is 0 Å². The summed E-state index contributed by atoms with van der Waals surface area (Å²) in [6, 6.07) is 20.3. The van der Waals surface area contributed by atoms with Crippen molar-refractivity contribution >= 4 is 0 Å². The van der Waals surface area contributed by atoms with E-state index in [-0.39, 0.29) is 6.04 Å². The summed E-state index contributed by atoms with van der Waals surface area (Å²) >= 11 is 0. The lowest BCUT2D eigenvalue weighted by Gasteiger charge is -2.45. The first-order valence-electron chi connectivity index (χ1n) is 7.36. The lowest BCUT2D eigenvalue weighted by atomic mass is 9.95. The van der Waals surface area contributed by atoms with E-state index >= 15 is 0 Å². The molecule has 2 unspecified atom stereocenters. The summed E-state index contributed by atoms with van der Waals surface area (Å²) in [6.07, 6.45) is 0. The van der Waals surface area contributed by atoms with Crippen LogP contribution in [0.2, 0.25) is 0 Å². The monoisotopic (exact) mass is 283 g/mol. The number of benzene rings is 2. The Kier molecular flexibility index (Phi) is 4.06. The average molecular weight is 283 g/mol. The second-order valence-corrected chi connectivity index (χ2v) is 5.67. The molecule has 0 radical (unpaired) electrons. The lowest BCUT2D eigenvalue weighted by Crippen LogP contribution is -2.52. The van der Waals surface area contributed by atoms with Gasteiger partial charge >= 0.3 is 0 Å². The number of hydrogen-bond acceptors (Lipinski definition) is 3. The van der Waals surface area contributed by atoms with Gasteiger partial charge in [0.2, 0.25) is 0 Å². The van der Waals surface area contributed by atoms with Gasteiger partial charge in [0, 0.05) is 13.1 Å². The molecule has 2 aromatic carbocycles. The fourth-order valence-electron chi connectivity index (χ4n) is 3.06. The first kappa shape index (κ1) is 14.3. The van der Waals surface area contributed by atoms with Crippen LogP contribution in [0.1, 0.15) is 24.1 Å². The molecule has 1 N–H and O–H groups in total. The van der Waals surface area contributed by atoms with Crippen molar-refractivity contribution in [3.05, 3.63) is 71.8 Å². The van der Waals surface area contributed by atoms with Gasteiger partial charge in [0.15, 0.2) is 5.79 Å². The van der Waals surface area contributed by atoms with Crippen molar-refractivity contribution in [3.63, 3.8) is 0 Å². The first-order chi connectivity index (χ1) is 10.2. The summed E-state index contributed by atoms with van der Waals surface area (Å²) in [5, 5.41) is 10.7. The van der Waals surface area contributed by atoms with Crippen molar-refractivity contribution in [3.8, 4) is 0 Å². The van der Waals surface area contributed by atoms with Crippen molar-refractivity contribution in [2.45, 2.75) is 25.3 Å². The zero-order valence-electron chi connectivity index (χ0n) is 12.3. The van der Waals surface area contributed by atoms with Gasteiger partial charge in [-0.15, -0.1) is 0 Å². The maximum absolute atomic E-state index is 10.7. The van der Waals surface area contributed by atoms with Crippen LogP contribution in [0, 0.1) is 0 Å². The molecule has 0 bridgehead atoms. The standard InChI is InChI=1S/C18H21NO2/c1-18(20)17(16-10-6-3-7-11-16)19(12-13-21-18)14-15-8-4-2-5-9-15/h2-11,17,20H,12-14H2,1H3. The molecule has 3 nitrogen and oxygen atoms in total. The van der Waals surface area contributed by atoms with Crippen LogP contribution in [-0.4, -0.2) is 28.9 Å². The number of rotatable bonds is 3. The van der Waals surface area contributed by atoms with Crippen LogP contribution in [-0.2, 0) is 11.3 Å². The quantitative estimate of drug-likeness (QED) is 0.940. The fourth-order valence-corrected chi connectivity index (χ4v) is 3.06. The molecule has 3 heteroatoms. The Morgan fingerprint density at radius 1 is 1.10 bits per heavy atom. The van der Waals surface area contributed by atoms with Crippen molar-refractivity contribution in [1.82, 2.24) is 4.90 Å². The molecule has 1 saturated heterocycles. The molecule has 2 atom stereocenters. The number of aliphatic hydroxyl groups is 1. The van der Waals surface area contributed by atoms with E-state index in [0.717, 1.165) is 18.7 Å². The fraction of sp³-hybridized carbons (Fsp3) is 0.333. The van der Waals surface area contributed by atoms with Gasteiger partial charge in [0.05, 0.1) is 12.6 Å². The van der Waals surface area contributed by atoms with E-state index in [9.17, 15) is 5.11 Å². The Morgan fingerprint density at radius 2 is 1.71 bits per heavy atom. The van der Waals surface area contributed by atoms with Gasteiger partial charge < -0.3 is 9.84 Å². The molecule has 0 spiro atoms. The minimum Gasteiger partial charge on any atom is -0.364 e. The van der Waals surface area contributed by atoms with Crippen LogP contribution >= 0.6 is 0 Å². The molecule has 0 aromatic heterocycles. The number of ether oxygens (including phenoxy) is 1. The summed E-state index contributed by atoms with van der Waals surface area (Å²) in [6.45, 7) is 3.91. The molecule has 0 saturated carbocycles. The third-order valence-corrected chi connectivity index (χ3v) is 3.99. The molecular weight excluding hydrogens is 262 g/mol. The highest BCUT2D eigenvalue weighted by Gasteiger charge is 2.41. The van der Waals surface area contributed by atoms with Gasteiger partial charge in [-0.1, -0.05) is 60.7 Å². The van der Waals surface area contributed by atoms with Crippen molar-refractivity contribution in [2.75, 3.05) is 13.2 Å². The predicted molar refractivity (Wildman–Crippen MR) is 82.6 cm³/mol. The Hall–Kier alpha value is -1.68. The van der Waals surface area contributed by atoms with Crippen LogP contribution in [0.4, 0.5) is 0 Å². The Morgan fingerprint density at radius 3 is 2.38 bits per heavy atom.